The predicted molar refractivity (Wildman–Crippen MR) is 115 cm³/mol. The van der Waals surface area contributed by atoms with E-state index in [4.69, 9.17) is 11.6 Å². The first kappa shape index (κ1) is 18.8. The van der Waals surface area contributed by atoms with Gasteiger partial charge in [-0.25, -0.2) is 14.3 Å². The molecule has 0 saturated carbocycles. The summed E-state index contributed by atoms with van der Waals surface area (Å²) in [6.45, 7) is 0. The molecule has 31 heavy (non-hydrogen) atoms. The second-order valence-electron chi connectivity index (χ2n) is 6.71. The van der Waals surface area contributed by atoms with Crippen LogP contribution in [0.4, 0.5) is 0 Å². The minimum atomic E-state index is -0.963. The summed E-state index contributed by atoms with van der Waals surface area (Å²) in [5, 5.41) is 5.49. The SMILES string of the molecule is O=C(Nn1cnc2c(cnn2-c2cccc(Cl)c2)c1=O)C(=O)c1c[nH]c2ccccc12. The number of carbonyl (C=O) groups excluding carboxylic acids is 2. The van der Waals surface area contributed by atoms with Gasteiger partial charge in [0.1, 0.15) is 11.7 Å². The van der Waals surface area contributed by atoms with Crippen molar-refractivity contribution in [2.24, 2.45) is 0 Å². The molecule has 9 nitrogen and oxygen atoms in total. The molecular weight excluding hydrogens is 420 g/mol. The number of hydrogen-bond donors (Lipinski definition) is 2. The third-order valence-electron chi connectivity index (χ3n) is 4.80. The van der Waals surface area contributed by atoms with Gasteiger partial charge in [0.25, 0.3) is 11.3 Å². The van der Waals surface area contributed by atoms with E-state index in [9.17, 15) is 14.4 Å². The van der Waals surface area contributed by atoms with Crippen LogP contribution < -0.4 is 11.0 Å². The summed E-state index contributed by atoms with van der Waals surface area (Å²) in [4.78, 5) is 45.1. The molecule has 0 fully saturated rings. The van der Waals surface area contributed by atoms with E-state index in [1.807, 2.05) is 6.07 Å². The van der Waals surface area contributed by atoms with Crippen molar-refractivity contribution in [2.45, 2.75) is 0 Å². The maximum atomic E-state index is 12.8. The molecule has 0 unspecified atom stereocenters. The third-order valence-corrected chi connectivity index (χ3v) is 5.04. The zero-order chi connectivity index (χ0) is 21.5. The van der Waals surface area contributed by atoms with Gasteiger partial charge >= 0.3 is 5.91 Å². The number of Topliss-reactive ketones (excluding diaryl/α,β-unsaturated/α-hetero) is 1. The molecule has 0 aliphatic rings. The lowest BCUT2D eigenvalue weighted by Gasteiger charge is -2.07. The van der Waals surface area contributed by atoms with Crippen molar-refractivity contribution < 1.29 is 9.59 Å². The van der Waals surface area contributed by atoms with E-state index in [1.165, 1.54) is 17.1 Å². The molecule has 2 N–H and O–H groups in total. The van der Waals surface area contributed by atoms with Gasteiger partial charge in [0, 0.05) is 22.1 Å². The largest absolute Gasteiger partial charge is 0.360 e. The minimum absolute atomic E-state index is 0.169. The maximum absolute atomic E-state index is 12.8. The Morgan fingerprint density at radius 2 is 1.90 bits per heavy atom. The summed E-state index contributed by atoms with van der Waals surface area (Å²) in [7, 11) is 0. The first-order chi connectivity index (χ1) is 15.0. The van der Waals surface area contributed by atoms with Crippen LogP contribution in [0.2, 0.25) is 5.02 Å². The summed E-state index contributed by atoms with van der Waals surface area (Å²) in [6, 6.07) is 14.0. The summed E-state index contributed by atoms with van der Waals surface area (Å²) in [5.74, 6) is -1.74. The van der Waals surface area contributed by atoms with Crippen LogP contribution in [-0.2, 0) is 4.79 Å². The normalized spacial score (nSPS) is 11.1. The van der Waals surface area contributed by atoms with E-state index in [2.05, 4.69) is 20.5 Å². The van der Waals surface area contributed by atoms with Gasteiger partial charge in [-0.3, -0.25) is 19.8 Å². The molecule has 5 aromatic rings. The smallest absolute Gasteiger partial charge is 0.311 e. The Morgan fingerprint density at radius 3 is 2.74 bits per heavy atom. The summed E-state index contributed by atoms with van der Waals surface area (Å²) in [6.07, 6.45) is 3.94. The average molecular weight is 433 g/mol. The molecule has 10 heteroatoms. The second-order valence-corrected chi connectivity index (χ2v) is 7.15. The van der Waals surface area contributed by atoms with Gasteiger partial charge in [-0.2, -0.15) is 5.10 Å². The number of aromatic nitrogens is 5. The quantitative estimate of drug-likeness (QED) is 0.334. The number of amides is 1. The molecule has 152 valence electrons. The fraction of sp³-hybridized carbons (Fsp3) is 0. The van der Waals surface area contributed by atoms with Crippen LogP contribution in [0.5, 0.6) is 0 Å². The topological polar surface area (TPSA) is 115 Å². The number of hydrogen-bond acceptors (Lipinski definition) is 5. The second kappa shape index (κ2) is 7.22. The lowest BCUT2D eigenvalue weighted by atomic mass is 10.1. The average Bonchev–Trinajstić information content (AvgIpc) is 3.40. The highest BCUT2D eigenvalue weighted by Gasteiger charge is 2.21. The molecule has 0 atom stereocenters. The standard InChI is InChI=1S/C21H13ClN6O3/c22-12-4-3-5-13(8-12)28-19-16(10-25-28)21(31)27(11-24-19)26-20(30)18(29)15-9-23-17-7-2-1-6-14(15)17/h1-11,23H,(H,26,30). The molecule has 1 amide bonds. The van der Waals surface area contributed by atoms with Gasteiger partial charge in [0.15, 0.2) is 5.65 Å². The van der Waals surface area contributed by atoms with Crippen molar-refractivity contribution in [3.63, 3.8) is 0 Å². The zero-order valence-corrected chi connectivity index (χ0v) is 16.5. The molecule has 0 radical (unpaired) electrons. The fourth-order valence-corrected chi connectivity index (χ4v) is 3.51. The molecule has 5 rings (SSSR count). The molecule has 3 heterocycles. The van der Waals surface area contributed by atoms with Crippen LogP contribution in [0.3, 0.4) is 0 Å². The molecule has 0 bridgehead atoms. The van der Waals surface area contributed by atoms with Gasteiger partial charge in [0.2, 0.25) is 0 Å². The lowest BCUT2D eigenvalue weighted by molar-refractivity contribution is -0.113. The molecule has 0 aliphatic carbocycles. The minimum Gasteiger partial charge on any atom is -0.360 e. The number of halogens is 1. The zero-order valence-electron chi connectivity index (χ0n) is 15.7. The van der Waals surface area contributed by atoms with Crippen molar-refractivity contribution in [3.8, 4) is 5.69 Å². The van der Waals surface area contributed by atoms with Crippen LogP contribution in [-0.4, -0.2) is 36.1 Å². The Labute approximate surface area is 178 Å². The van der Waals surface area contributed by atoms with E-state index in [1.54, 1.807) is 42.5 Å². The number of rotatable bonds is 4. The molecule has 0 spiro atoms. The van der Waals surface area contributed by atoms with E-state index < -0.39 is 17.2 Å². The highest BCUT2D eigenvalue weighted by molar-refractivity contribution is 6.47. The monoisotopic (exact) mass is 432 g/mol. The van der Waals surface area contributed by atoms with Crippen molar-refractivity contribution in [3.05, 3.63) is 88.2 Å². The molecule has 3 aromatic heterocycles. The summed E-state index contributed by atoms with van der Waals surface area (Å²) in [5.41, 5.74) is 3.59. The van der Waals surface area contributed by atoms with Crippen LogP contribution in [0, 0.1) is 0 Å². The van der Waals surface area contributed by atoms with Gasteiger partial charge in [-0.15, -0.1) is 0 Å². The van der Waals surface area contributed by atoms with Crippen LogP contribution in [0.15, 0.2) is 72.0 Å². The van der Waals surface area contributed by atoms with E-state index in [-0.39, 0.29) is 10.9 Å². The van der Waals surface area contributed by atoms with Crippen molar-refractivity contribution in [2.75, 3.05) is 5.43 Å². The van der Waals surface area contributed by atoms with Gasteiger partial charge in [-0.1, -0.05) is 35.9 Å². The number of carbonyl (C=O) groups is 2. The van der Waals surface area contributed by atoms with E-state index in [0.29, 0.717) is 21.7 Å². The van der Waals surface area contributed by atoms with E-state index in [0.717, 1.165) is 16.5 Å². The first-order valence-electron chi connectivity index (χ1n) is 9.16. The Hall–Kier alpha value is -4.24. The Kier molecular flexibility index (Phi) is 4.37. The first-order valence-corrected chi connectivity index (χ1v) is 9.54. The van der Waals surface area contributed by atoms with E-state index >= 15 is 0 Å². The molecular formula is C21H13ClN6O3. The van der Waals surface area contributed by atoms with Gasteiger partial charge in [0.05, 0.1) is 17.4 Å². The fourth-order valence-electron chi connectivity index (χ4n) is 3.33. The maximum Gasteiger partial charge on any atom is 0.311 e. The highest BCUT2D eigenvalue weighted by atomic mass is 35.5. The highest BCUT2D eigenvalue weighted by Crippen LogP contribution is 2.19. The predicted octanol–water partition coefficient (Wildman–Crippen LogP) is 2.67. The number of ketones is 1. The number of benzene rings is 2. The van der Waals surface area contributed by atoms with Crippen molar-refractivity contribution >= 4 is 45.2 Å². The van der Waals surface area contributed by atoms with Crippen molar-refractivity contribution in [1.29, 1.82) is 0 Å². The van der Waals surface area contributed by atoms with Crippen molar-refractivity contribution in [1.82, 2.24) is 24.4 Å². The van der Waals surface area contributed by atoms with Crippen LogP contribution in [0.1, 0.15) is 10.4 Å². The summed E-state index contributed by atoms with van der Waals surface area (Å²) < 4.78 is 2.33. The number of H-pyrrole nitrogens is 1. The van der Waals surface area contributed by atoms with Gasteiger partial charge < -0.3 is 4.98 Å². The number of para-hydroxylation sites is 1. The van der Waals surface area contributed by atoms with Gasteiger partial charge in [-0.05, 0) is 24.3 Å². The lowest BCUT2D eigenvalue weighted by Crippen LogP contribution is -2.36. The number of aromatic amines is 1. The third kappa shape index (κ3) is 3.17. The molecule has 2 aromatic carbocycles. The Morgan fingerprint density at radius 1 is 1.06 bits per heavy atom. The molecule has 0 saturated heterocycles. The number of nitrogens with one attached hydrogen (secondary N) is 2. The number of fused-ring (bicyclic) bond motifs is 2. The Balaban J connectivity index is 1.47. The molecule has 0 aliphatic heterocycles. The summed E-state index contributed by atoms with van der Waals surface area (Å²) >= 11 is 6.03. The van der Waals surface area contributed by atoms with Crippen LogP contribution in [0.25, 0.3) is 27.6 Å². The Bertz CT molecular complexity index is 1550. The van der Waals surface area contributed by atoms with Crippen LogP contribution >= 0.6 is 11.6 Å². The number of nitrogens with zero attached hydrogens (tertiary/aromatic N) is 4.